The SMILES string of the molecule is CC(=O)NC1(c2ccc(F)cc2)CCN(CC(O)c2ccc(Cl)cc2)CC1. The van der Waals surface area contributed by atoms with Crippen LogP contribution in [0.3, 0.4) is 0 Å². The second-order valence-corrected chi connectivity index (χ2v) is 7.57. The molecule has 3 rings (SSSR count). The molecule has 2 aromatic carbocycles. The Labute approximate surface area is 164 Å². The van der Waals surface area contributed by atoms with Crippen molar-refractivity contribution in [2.24, 2.45) is 0 Å². The van der Waals surface area contributed by atoms with E-state index < -0.39 is 11.6 Å². The van der Waals surface area contributed by atoms with Crippen molar-refractivity contribution in [3.63, 3.8) is 0 Å². The molecule has 0 aliphatic carbocycles. The van der Waals surface area contributed by atoms with Crippen LogP contribution in [0, 0.1) is 5.82 Å². The first-order valence-corrected chi connectivity index (χ1v) is 9.46. The second-order valence-electron chi connectivity index (χ2n) is 7.14. The zero-order valence-electron chi connectivity index (χ0n) is 15.3. The fourth-order valence-corrected chi connectivity index (χ4v) is 3.87. The summed E-state index contributed by atoms with van der Waals surface area (Å²) in [5, 5.41) is 14.2. The number of rotatable bonds is 5. The highest BCUT2D eigenvalue weighted by atomic mass is 35.5. The molecular weight excluding hydrogens is 367 g/mol. The summed E-state index contributed by atoms with van der Waals surface area (Å²) in [5.41, 5.74) is 1.25. The molecule has 1 atom stereocenters. The Balaban J connectivity index is 1.67. The molecule has 144 valence electrons. The fraction of sp³-hybridized carbons (Fsp3) is 0.381. The van der Waals surface area contributed by atoms with Crippen LogP contribution in [0.4, 0.5) is 4.39 Å². The van der Waals surface area contributed by atoms with E-state index in [1.54, 1.807) is 24.3 Å². The van der Waals surface area contributed by atoms with Crippen LogP contribution >= 0.6 is 11.6 Å². The molecule has 0 saturated carbocycles. The first-order chi connectivity index (χ1) is 12.9. The summed E-state index contributed by atoms with van der Waals surface area (Å²) in [7, 11) is 0. The van der Waals surface area contributed by atoms with Gasteiger partial charge in [0.1, 0.15) is 5.82 Å². The van der Waals surface area contributed by atoms with Gasteiger partial charge in [-0.3, -0.25) is 4.79 Å². The maximum atomic E-state index is 13.3. The third-order valence-corrected chi connectivity index (χ3v) is 5.46. The monoisotopic (exact) mass is 390 g/mol. The van der Waals surface area contributed by atoms with E-state index in [4.69, 9.17) is 11.6 Å². The molecule has 1 saturated heterocycles. The Morgan fingerprint density at radius 3 is 2.33 bits per heavy atom. The van der Waals surface area contributed by atoms with Gasteiger partial charge in [0.2, 0.25) is 5.91 Å². The number of nitrogens with zero attached hydrogens (tertiary/aromatic N) is 1. The molecule has 4 nitrogen and oxygen atoms in total. The minimum atomic E-state index is -0.596. The smallest absolute Gasteiger partial charge is 0.217 e. The summed E-state index contributed by atoms with van der Waals surface area (Å²) >= 11 is 5.90. The number of β-amino-alcohol motifs (C(OH)–C–C–N with tert-alkyl or cyclic N) is 1. The van der Waals surface area contributed by atoms with E-state index in [1.807, 2.05) is 12.1 Å². The Morgan fingerprint density at radius 2 is 1.78 bits per heavy atom. The van der Waals surface area contributed by atoms with Gasteiger partial charge in [-0.1, -0.05) is 35.9 Å². The third kappa shape index (κ3) is 4.86. The van der Waals surface area contributed by atoms with E-state index in [-0.39, 0.29) is 11.7 Å². The van der Waals surface area contributed by atoms with Crippen LogP contribution in [0.15, 0.2) is 48.5 Å². The largest absolute Gasteiger partial charge is 0.387 e. The quantitative estimate of drug-likeness (QED) is 0.819. The van der Waals surface area contributed by atoms with Crippen molar-refractivity contribution < 1.29 is 14.3 Å². The highest BCUT2D eigenvalue weighted by Crippen LogP contribution is 2.34. The van der Waals surface area contributed by atoms with E-state index in [2.05, 4.69) is 10.2 Å². The Kier molecular flexibility index (Phi) is 6.15. The number of carbonyl (C=O) groups is 1. The van der Waals surface area contributed by atoms with Crippen molar-refractivity contribution in [2.45, 2.75) is 31.4 Å². The summed E-state index contributed by atoms with van der Waals surface area (Å²) in [6.45, 7) is 3.47. The van der Waals surface area contributed by atoms with Gasteiger partial charge in [0.05, 0.1) is 11.6 Å². The van der Waals surface area contributed by atoms with Gasteiger partial charge in [-0.05, 0) is 48.2 Å². The lowest BCUT2D eigenvalue weighted by Crippen LogP contribution is -2.53. The number of amides is 1. The molecule has 0 spiro atoms. The first-order valence-electron chi connectivity index (χ1n) is 9.09. The van der Waals surface area contributed by atoms with E-state index in [9.17, 15) is 14.3 Å². The Morgan fingerprint density at radius 1 is 1.19 bits per heavy atom. The van der Waals surface area contributed by atoms with E-state index in [0.717, 1.165) is 24.2 Å². The number of aliphatic hydroxyl groups excluding tert-OH is 1. The maximum absolute atomic E-state index is 13.3. The van der Waals surface area contributed by atoms with Gasteiger partial charge < -0.3 is 15.3 Å². The number of halogens is 2. The van der Waals surface area contributed by atoms with Crippen LogP contribution in [0.25, 0.3) is 0 Å². The highest BCUT2D eigenvalue weighted by molar-refractivity contribution is 6.30. The average Bonchev–Trinajstić information content (AvgIpc) is 2.64. The molecule has 0 bridgehead atoms. The van der Waals surface area contributed by atoms with Gasteiger partial charge in [-0.25, -0.2) is 4.39 Å². The van der Waals surface area contributed by atoms with Crippen molar-refractivity contribution in [3.05, 3.63) is 70.5 Å². The molecule has 0 radical (unpaired) electrons. The molecule has 2 N–H and O–H groups in total. The summed E-state index contributed by atoms with van der Waals surface area (Å²) in [6, 6.07) is 13.5. The van der Waals surface area contributed by atoms with E-state index >= 15 is 0 Å². The predicted octanol–water partition coefficient (Wildman–Crippen LogP) is 3.64. The van der Waals surface area contributed by atoms with Crippen molar-refractivity contribution in [2.75, 3.05) is 19.6 Å². The van der Waals surface area contributed by atoms with Gasteiger partial charge >= 0.3 is 0 Å². The topological polar surface area (TPSA) is 52.6 Å². The van der Waals surface area contributed by atoms with Gasteiger partial charge in [-0.2, -0.15) is 0 Å². The van der Waals surface area contributed by atoms with Crippen molar-refractivity contribution in [1.29, 1.82) is 0 Å². The molecule has 2 aromatic rings. The molecule has 1 heterocycles. The van der Waals surface area contributed by atoms with Crippen LogP contribution in [-0.2, 0) is 10.3 Å². The van der Waals surface area contributed by atoms with E-state index in [0.29, 0.717) is 24.4 Å². The van der Waals surface area contributed by atoms with Gasteiger partial charge in [0.15, 0.2) is 0 Å². The van der Waals surface area contributed by atoms with Gasteiger partial charge in [0.25, 0.3) is 0 Å². The summed E-state index contributed by atoms with van der Waals surface area (Å²) in [4.78, 5) is 14.0. The standard InChI is InChI=1S/C21H24ClFN2O2/c1-15(26)24-21(17-4-8-19(23)9-5-17)10-12-25(13-11-21)14-20(27)16-2-6-18(22)7-3-16/h2-9,20,27H,10-14H2,1H3,(H,24,26). The number of piperidine rings is 1. The molecule has 1 unspecified atom stereocenters. The number of nitrogens with one attached hydrogen (secondary N) is 1. The zero-order chi connectivity index (χ0) is 19.4. The lowest BCUT2D eigenvalue weighted by molar-refractivity contribution is -0.121. The van der Waals surface area contributed by atoms with Gasteiger partial charge in [0, 0.05) is 31.6 Å². The van der Waals surface area contributed by atoms with Gasteiger partial charge in [-0.15, -0.1) is 0 Å². The number of benzene rings is 2. The molecule has 1 amide bonds. The Hall–Kier alpha value is -1.95. The van der Waals surface area contributed by atoms with Crippen LogP contribution in [0.5, 0.6) is 0 Å². The van der Waals surface area contributed by atoms with Crippen molar-refractivity contribution in [1.82, 2.24) is 10.2 Å². The summed E-state index contributed by atoms with van der Waals surface area (Å²) < 4.78 is 13.3. The summed E-state index contributed by atoms with van der Waals surface area (Å²) in [5.74, 6) is -0.394. The molecule has 1 aliphatic heterocycles. The van der Waals surface area contributed by atoms with Crippen LogP contribution < -0.4 is 5.32 Å². The predicted molar refractivity (Wildman–Crippen MR) is 104 cm³/mol. The molecular formula is C21H24ClFN2O2. The van der Waals surface area contributed by atoms with Crippen LogP contribution in [0.2, 0.25) is 5.02 Å². The number of carbonyl (C=O) groups excluding carboxylic acids is 1. The van der Waals surface area contributed by atoms with E-state index in [1.165, 1.54) is 19.1 Å². The molecule has 6 heteroatoms. The maximum Gasteiger partial charge on any atom is 0.217 e. The second kappa shape index (κ2) is 8.38. The molecule has 0 aromatic heterocycles. The number of hydrogen-bond acceptors (Lipinski definition) is 3. The zero-order valence-corrected chi connectivity index (χ0v) is 16.0. The fourth-order valence-electron chi connectivity index (χ4n) is 3.74. The van der Waals surface area contributed by atoms with Crippen molar-refractivity contribution >= 4 is 17.5 Å². The highest BCUT2D eigenvalue weighted by Gasteiger charge is 2.37. The lowest BCUT2D eigenvalue weighted by atomic mass is 9.80. The molecule has 1 aliphatic rings. The molecule has 27 heavy (non-hydrogen) atoms. The first kappa shape index (κ1) is 19.8. The minimum Gasteiger partial charge on any atom is -0.387 e. The van der Waals surface area contributed by atoms with Crippen LogP contribution in [-0.4, -0.2) is 35.5 Å². The third-order valence-electron chi connectivity index (χ3n) is 5.21. The van der Waals surface area contributed by atoms with Crippen LogP contribution in [0.1, 0.15) is 37.0 Å². The normalized spacial score (nSPS) is 18.1. The minimum absolute atomic E-state index is 0.103. The number of hydrogen-bond donors (Lipinski definition) is 2. The summed E-state index contributed by atoms with van der Waals surface area (Å²) in [6.07, 6.45) is 0.804. The number of aliphatic hydroxyl groups is 1. The Bertz CT molecular complexity index is 772. The average molecular weight is 391 g/mol. The molecule has 1 fully saturated rings. The lowest BCUT2D eigenvalue weighted by Gasteiger charge is -2.43. The van der Waals surface area contributed by atoms with Crippen molar-refractivity contribution in [3.8, 4) is 0 Å². The number of likely N-dealkylation sites (tertiary alicyclic amines) is 1.